The number of hydrogen-bond acceptors (Lipinski definition) is 9. The van der Waals surface area contributed by atoms with Crippen molar-refractivity contribution in [2.45, 2.75) is 24.2 Å². The van der Waals surface area contributed by atoms with Crippen molar-refractivity contribution in [2.75, 3.05) is 16.8 Å². The van der Waals surface area contributed by atoms with Crippen LogP contribution in [0.5, 0.6) is 0 Å². The molecule has 2 aromatic heterocycles. The summed E-state index contributed by atoms with van der Waals surface area (Å²) >= 11 is 2.22. The minimum atomic E-state index is -0.727. The number of carbonyl (C=O) groups is 1. The van der Waals surface area contributed by atoms with Crippen LogP contribution < -0.4 is 22.3 Å². The lowest BCUT2D eigenvalue weighted by Crippen LogP contribution is -2.42. The molecule has 1 aromatic carbocycles. The Morgan fingerprint density at radius 3 is 2.73 bits per heavy atom. The van der Waals surface area contributed by atoms with E-state index < -0.39 is 22.8 Å². The fraction of sp³-hybridized carbons (Fsp3) is 0.278. The number of nitrogens with two attached hydrogens (primary N) is 1. The van der Waals surface area contributed by atoms with E-state index in [0.717, 1.165) is 27.7 Å². The van der Waals surface area contributed by atoms with Crippen molar-refractivity contribution in [3.8, 4) is 0 Å². The first-order valence-electron chi connectivity index (χ1n) is 8.93. The third-order valence-electron chi connectivity index (χ3n) is 4.16. The second-order valence-corrected chi connectivity index (χ2v) is 8.45. The number of thioether (sulfide) groups is 1. The fourth-order valence-corrected chi connectivity index (χ4v) is 4.32. The van der Waals surface area contributed by atoms with Crippen LogP contribution in [0.1, 0.15) is 23.7 Å². The van der Waals surface area contributed by atoms with Gasteiger partial charge in [-0.25, -0.2) is 9.18 Å². The Labute approximate surface area is 178 Å². The van der Waals surface area contributed by atoms with Crippen LogP contribution in [0.2, 0.25) is 0 Å². The number of halogens is 1. The molecule has 0 saturated heterocycles. The highest BCUT2D eigenvalue weighted by molar-refractivity contribution is 8.01. The number of nitrogens with one attached hydrogen (secondary N) is 1. The summed E-state index contributed by atoms with van der Waals surface area (Å²) in [5, 5.41) is 11.1. The van der Waals surface area contributed by atoms with E-state index >= 15 is 0 Å². The number of anilines is 3. The van der Waals surface area contributed by atoms with Crippen molar-refractivity contribution in [1.29, 1.82) is 0 Å². The molecule has 0 aliphatic heterocycles. The Bertz CT molecular complexity index is 1200. The maximum Gasteiger partial charge on any atom is 0.332 e. The van der Waals surface area contributed by atoms with Gasteiger partial charge in [0.1, 0.15) is 17.2 Å². The van der Waals surface area contributed by atoms with E-state index in [1.165, 1.54) is 17.7 Å². The Morgan fingerprint density at radius 1 is 1.30 bits per heavy atom. The third kappa shape index (κ3) is 4.44. The zero-order valence-corrected chi connectivity index (χ0v) is 17.8. The molecule has 0 aliphatic carbocycles. The van der Waals surface area contributed by atoms with Crippen LogP contribution in [0.15, 0.2) is 38.2 Å². The molecule has 0 spiro atoms. The number of para-hydroxylation sites is 1. The Morgan fingerprint density at radius 2 is 2.03 bits per heavy atom. The number of ketones is 1. The number of hydrogen-bond donors (Lipinski definition) is 2. The molecule has 2 heterocycles. The molecule has 3 N–H and O–H groups in total. The molecule has 0 amide bonds. The smallest absolute Gasteiger partial charge is 0.332 e. The highest BCUT2D eigenvalue weighted by atomic mass is 32.2. The van der Waals surface area contributed by atoms with Crippen molar-refractivity contribution in [3.05, 3.63) is 56.5 Å². The van der Waals surface area contributed by atoms with Crippen LogP contribution in [0.25, 0.3) is 0 Å². The molecule has 30 heavy (non-hydrogen) atoms. The quantitative estimate of drug-likeness (QED) is 0.395. The van der Waals surface area contributed by atoms with Gasteiger partial charge in [-0.2, -0.15) is 0 Å². The van der Waals surface area contributed by atoms with Crippen molar-refractivity contribution in [2.24, 2.45) is 7.05 Å². The lowest BCUT2D eigenvalue weighted by atomic mass is 10.2. The van der Waals surface area contributed by atoms with Gasteiger partial charge >= 0.3 is 5.69 Å². The maximum atomic E-state index is 13.7. The van der Waals surface area contributed by atoms with Crippen molar-refractivity contribution < 1.29 is 9.18 Å². The number of nitrogen functional groups attached to an aromatic ring is 1. The van der Waals surface area contributed by atoms with E-state index in [1.807, 2.05) is 6.92 Å². The van der Waals surface area contributed by atoms with E-state index in [1.54, 1.807) is 18.2 Å². The molecular weight excluding hydrogens is 431 g/mol. The first-order valence-corrected chi connectivity index (χ1v) is 10.7. The van der Waals surface area contributed by atoms with Gasteiger partial charge in [-0.15, -0.1) is 10.2 Å². The first-order chi connectivity index (χ1) is 14.3. The highest BCUT2D eigenvalue weighted by Crippen LogP contribution is 2.29. The van der Waals surface area contributed by atoms with E-state index in [0.29, 0.717) is 22.4 Å². The molecule has 0 atom stereocenters. The van der Waals surface area contributed by atoms with Crippen LogP contribution >= 0.6 is 23.1 Å². The number of Topliss-reactive ketones (excluding diaryl/α,β-unsaturated/α-hetero) is 1. The van der Waals surface area contributed by atoms with Gasteiger partial charge in [-0.05, 0) is 18.6 Å². The van der Waals surface area contributed by atoms with E-state index in [-0.39, 0.29) is 22.8 Å². The lowest BCUT2D eigenvalue weighted by molar-refractivity contribution is 0.102. The van der Waals surface area contributed by atoms with E-state index in [9.17, 15) is 18.8 Å². The second kappa shape index (κ2) is 9.22. The molecule has 0 bridgehead atoms. The SMILES string of the molecule is CCCn1c(N)c(C(=O)CSc2nnc(Nc3ccccc3F)s2)c(=O)n(C)c1=O. The molecule has 0 fully saturated rings. The summed E-state index contributed by atoms with van der Waals surface area (Å²) in [5.74, 6) is -1.18. The molecule has 0 saturated carbocycles. The fourth-order valence-electron chi connectivity index (χ4n) is 2.68. The zero-order chi connectivity index (χ0) is 21.8. The van der Waals surface area contributed by atoms with Gasteiger partial charge in [-0.3, -0.25) is 18.7 Å². The normalized spacial score (nSPS) is 10.9. The molecule has 12 heteroatoms. The van der Waals surface area contributed by atoms with Crippen LogP contribution in [0.4, 0.5) is 21.0 Å². The van der Waals surface area contributed by atoms with Gasteiger partial charge in [-0.1, -0.05) is 42.2 Å². The third-order valence-corrected chi connectivity index (χ3v) is 6.13. The minimum absolute atomic E-state index is 0.113. The first kappa shape index (κ1) is 21.7. The Balaban J connectivity index is 1.75. The van der Waals surface area contributed by atoms with Gasteiger partial charge < -0.3 is 11.1 Å². The minimum Gasteiger partial charge on any atom is -0.384 e. The van der Waals surface area contributed by atoms with Crippen molar-refractivity contribution in [3.63, 3.8) is 0 Å². The van der Waals surface area contributed by atoms with Crippen molar-refractivity contribution in [1.82, 2.24) is 19.3 Å². The summed E-state index contributed by atoms with van der Waals surface area (Å²) in [7, 11) is 1.31. The maximum absolute atomic E-state index is 13.7. The molecule has 3 rings (SSSR count). The van der Waals surface area contributed by atoms with Crippen molar-refractivity contribution >= 4 is 45.5 Å². The van der Waals surface area contributed by atoms with E-state index in [4.69, 9.17) is 5.73 Å². The predicted molar refractivity (Wildman–Crippen MR) is 115 cm³/mol. The summed E-state index contributed by atoms with van der Waals surface area (Å²) in [6, 6.07) is 6.15. The van der Waals surface area contributed by atoms with Gasteiger partial charge in [0.05, 0.1) is 11.4 Å². The Hall–Kier alpha value is -2.99. The average molecular weight is 451 g/mol. The second-order valence-electron chi connectivity index (χ2n) is 6.25. The summed E-state index contributed by atoms with van der Waals surface area (Å²) < 4.78 is 16.3. The molecule has 0 unspecified atom stereocenters. The number of carbonyl (C=O) groups excluding carboxylic acids is 1. The van der Waals surface area contributed by atoms with Gasteiger partial charge in [0.15, 0.2) is 10.1 Å². The average Bonchev–Trinajstić information content (AvgIpc) is 3.17. The van der Waals surface area contributed by atoms with Crippen LogP contribution in [-0.4, -0.2) is 30.9 Å². The topological polar surface area (TPSA) is 125 Å². The largest absolute Gasteiger partial charge is 0.384 e. The number of benzene rings is 1. The summed E-state index contributed by atoms with van der Waals surface area (Å²) in [5.41, 5.74) is 4.72. The van der Waals surface area contributed by atoms with Crippen LogP contribution in [0, 0.1) is 5.82 Å². The summed E-state index contributed by atoms with van der Waals surface area (Å²) in [6.07, 6.45) is 0.618. The van der Waals surface area contributed by atoms with Gasteiger partial charge in [0.25, 0.3) is 5.56 Å². The van der Waals surface area contributed by atoms with E-state index in [2.05, 4.69) is 15.5 Å². The molecule has 3 aromatic rings. The van der Waals surface area contributed by atoms with Gasteiger partial charge in [0.2, 0.25) is 5.13 Å². The number of nitrogens with zero attached hydrogens (tertiary/aromatic N) is 4. The molecule has 9 nitrogen and oxygen atoms in total. The van der Waals surface area contributed by atoms with Gasteiger partial charge in [0, 0.05) is 13.6 Å². The summed E-state index contributed by atoms with van der Waals surface area (Å²) in [6.45, 7) is 2.16. The van der Waals surface area contributed by atoms with Crippen LogP contribution in [0.3, 0.4) is 0 Å². The molecule has 0 radical (unpaired) electrons. The van der Waals surface area contributed by atoms with Crippen LogP contribution in [-0.2, 0) is 13.6 Å². The zero-order valence-electron chi connectivity index (χ0n) is 16.2. The summed E-state index contributed by atoms with van der Waals surface area (Å²) in [4.78, 5) is 37.3. The number of aromatic nitrogens is 4. The monoisotopic (exact) mass is 450 g/mol. The highest BCUT2D eigenvalue weighted by Gasteiger charge is 2.22. The lowest BCUT2D eigenvalue weighted by Gasteiger charge is -2.13. The standard InChI is InChI=1S/C18H19FN6O3S2/c1-3-8-25-14(20)13(15(27)24(2)18(25)28)12(26)9-29-17-23-22-16(30-17)21-11-7-5-4-6-10(11)19/h4-7H,3,8-9,20H2,1-2H3,(H,21,22). The molecule has 0 aliphatic rings. The number of rotatable bonds is 8. The molecular formula is C18H19FN6O3S2. The Kier molecular flexibility index (Phi) is 6.67. The molecule has 158 valence electrons. The predicted octanol–water partition coefficient (Wildman–Crippen LogP) is 2.25.